The Morgan fingerprint density at radius 1 is 1.29 bits per heavy atom. The number of amides is 1. The molecule has 1 fully saturated rings. The molecule has 0 aliphatic carbocycles. The molecule has 122 valence electrons. The minimum atomic E-state index is -0.0425. The SMILES string of the molecule is Cc1cc(NC(=O)C2CN(c3cc(-n4ccnc4)ncn3)C2)sn1. The molecule has 4 rings (SSSR count). The lowest BCUT2D eigenvalue weighted by atomic mass is 9.99. The fourth-order valence-corrected chi connectivity index (χ4v) is 3.19. The zero-order chi connectivity index (χ0) is 16.5. The van der Waals surface area contributed by atoms with Gasteiger partial charge >= 0.3 is 0 Å². The molecule has 0 unspecified atom stereocenters. The zero-order valence-electron chi connectivity index (χ0n) is 13.0. The van der Waals surface area contributed by atoms with Crippen molar-refractivity contribution in [2.75, 3.05) is 23.3 Å². The van der Waals surface area contributed by atoms with Crippen LogP contribution in [0.25, 0.3) is 5.82 Å². The quantitative estimate of drug-likeness (QED) is 0.774. The van der Waals surface area contributed by atoms with Gasteiger partial charge in [-0.25, -0.2) is 15.0 Å². The fourth-order valence-electron chi connectivity index (χ4n) is 2.52. The van der Waals surface area contributed by atoms with Crippen molar-refractivity contribution < 1.29 is 4.79 Å². The molecule has 1 saturated heterocycles. The number of nitrogens with one attached hydrogen (secondary N) is 1. The second-order valence-corrected chi connectivity index (χ2v) is 6.43. The summed E-state index contributed by atoms with van der Waals surface area (Å²) in [5.41, 5.74) is 0.915. The maximum Gasteiger partial charge on any atom is 0.231 e. The summed E-state index contributed by atoms with van der Waals surface area (Å²) in [6.45, 7) is 3.19. The molecule has 1 N–H and O–H groups in total. The van der Waals surface area contributed by atoms with Crippen molar-refractivity contribution >= 4 is 28.3 Å². The van der Waals surface area contributed by atoms with Crippen molar-refractivity contribution in [3.63, 3.8) is 0 Å². The Balaban J connectivity index is 1.39. The standard InChI is InChI=1S/C15H15N7OS/c1-10-4-14(24-20-10)19-15(23)11-6-22(7-11)13-5-12(17-8-18-13)21-3-2-16-9-21/h2-5,8-9,11H,6-7H2,1H3,(H,19,23). The van der Waals surface area contributed by atoms with E-state index in [0.29, 0.717) is 13.1 Å². The first kappa shape index (κ1) is 14.8. The lowest BCUT2D eigenvalue weighted by Gasteiger charge is -2.38. The first-order valence-electron chi connectivity index (χ1n) is 7.48. The van der Waals surface area contributed by atoms with E-state index < -0.39 is 0 Å². The molecule has 0 atom stereocenters. The molecule has 8 nitrogen and oxygen atoms in total. The van der Waals surface area contributed by atoms with Gasteiger partial charge in [0.2, 0.25) is 5.91 Å². The molecule has 9 heteroatoms. The molecule has 4 heterocycles. The van der Waals surface area contributed by atoms with Gasteiger partial charge in [0, 0.05) is 31.5 Å². The fraction of sp³-hybridized carbons (Fsp3) is 0.267. The number of rotatable bonds is 4. The molecule has 0 saturated carbocycles. The summed E-state index contributed by atoms with van der Waals surface area (Å²) in [5.74, 6) is 1.55. The van der Waals surface area contributed by atoms with E-state index in [2.05, 4.69) is 29.5 Å². The Kier molecular flexibility index (Phi) is 3.69. The lowest BCUT2D eigenvalue weighted by Crippen LogP contribution is -2.52. The average Bonchev–Trinajstić information content (AvgIpc) is 3.18. The van der Waals surface area contributed by atoms with Gasteiger partial charge in [-0.2, -0.15) is 4.37 Å². The molecule has 3 aromatic heterocycles. The highest BCUT2D eigenvalue weighted by atomic mass is 32.1. The van der Waals surface area contributed by atoms with Crippen LogP contribution in [0.1, 0.15) is 5.69 Å². The Morgan fingerprint density at radius 3 is 2.83 bits per heavy atom. The van der Waals surface area contributed by atoms with Crippen LogP contribution >= 0.6 is 11.5 Å². The third-order valence-electron chi connectivity index (χ3n) is 3.86. The van der Waals surface area contributed by atoms with Crippen molar-refractivity contribution in [1.82, 2.24) is 23.9 Å². The smallest absolute Gasteiger partial charge is 0.231 e. The van der Waals surface area contributed by atoms with Gasteiger partial charge in [0.1, 0.15) is 29.3 Å². The minimum absolute atomic E-state index is 0.0267. The van der Waals surface area contributed by atoms with Crippen molar-refractivity contribution in [3.05, 3.63) is 42.9 Å². The van der Waals surface area contributed by atoms with Crippen LogP contribution in [-0.2, 0) is 4.79 Å². The highest BCUT2D eigenvalue weighted by Gasteiger charge is 2.34. The summed E-state index contributed by atoms with van der Waals surface area (Å²) in [5, 5.41) is 3.71. The molecule has 24 heavy (non-hydrogen) atoms. The molecule has 0 bridgehead atoms. The van der Waals surface area contributed by atoms with Crippen LogP contribution in [0, 0.1) is 12.8 Å². The molecule has 1 aliphatic rings. The number of aromatic nitrogens is 5. The van der Waals surface area contributed by atoms with E-state index in [4.69, 9.17) is 0 Å². The van der Waals surface area contributed by atoms with Crippen LogP contribution in [0.15, 0.2) is 37.2 Å². The van der Waals surface area contributed by atoms with Crippen LogP contribution < -0.4 is 10.2 Å². The second kappa shape index (κ2) is 6.00. The normalized spacial score (nSPS) is 14.5. The lowest BCUT2D eigenvalue weighted by molar-refractivity contribution is -0.120. The van der Waals surface area contributed by atoms with E-state index in [1.165, 1.54) is 17.9 Å². The number of imidazole rings is 1. The summed E-state index contributed by atoms with van der Waals surface area (Å²) >= 11 is 1.30. The van der Waals surface area contributed by atoms with Gasteiger partial charge in [-0.05, 0) is 24.5 Å². The Labute approximate surface area is 142 Å². The molecular formula is C15H15N7OS. The van der Waals surface area contributed by atoms with Gasteiger partial charge in [-0.1, -0.05) is 0 Å². The topological polar surface area (TPSA) is 88.8 Å². The number of hydrogen-bond acceptors (Lipinski definition) is 7. The largest absolute Gasteiger partial charge is 0.355 e. The van der Waals surface area contributed by atoms with Crippen LogP contribution in [0.3, 0.4) is 0 Å². The van der Waals surface area contributed by atoms with Crippen LogP contribution in [0.2, 0.25) is 0 Å². The molecule has 1 aliphatic heterocycles. The molecule has 0 aromatic carbocycles. The molecule has 3 aromatic rings. The summed E-state index contributed by atoms with van der Waals surface area (Å²) in [4.78, 5) is 26.8. The Bertz CT molecular complexity index is 854. The van der Waals surface area contributed by atoms with Gasteiger partial charge < -0.3 is 10.2 Å². The minimum Gasteiger partial charge on any atom is -0.355 e. The van der Waals surface area contributed by atoms with E-state index in [9.17, 15) is 4.79 Å². The van der Waals surface area contributed by atoms with Crippen LogP contribution in [0.4, 0.5) is 10.8 Å². The van der Waals surface area contributed by atoms with E-state index >= 15 is 0 Å². The van der Waals surface area contributed by atoms with Crippen molar-refractivity contribution in [2.24, 2.45) is 5.92 Å². The number of carbonyl (C=O) groups excluding carboxylic acids is 1. The summed E-state index contributed by atoms with van der Waals surface area (Å²) in [6.07, 6.45) is 6.75. The van der Waals surface area contributed by atoms with E-state index in [0.717, 1.165) is 22.3 Å². The highest BCUT2D eigenvalue weighted by molar-refractivity contribution is 7.10. The van der Waals surface area contributed by atoms with Crippen molar-refractivity contribution in [2.45, 2.75) is 6.92 Å². The van der Waals surface area contributed by atoms with Crippen molar-refractivity contribution in [1.29, 1.82) is 0 Å². The third kappa shape index (κ3) is 2.85. The third-order valence-corrected chi connectivity index (χ3v) is 4.65. The maximum absolute atomic E-state index is 12.2. The van der Waals surface area contributed by atoms with Gasteiger partial charge in [-0.3, -0.25) is 9.36 Å². The van der Waals surface area contributed by atoms with E-state index in [1.54, 1.807) is 12.5 Å². The molecular weight excluding hydrogens is 326 g/mol. The molecule has 0 radical (unpaired) electrons. The number of carbonyl (C=O) groups is 1. The summed E-state index contributed by atoms with van der Waals surface area (Å²) < 4.78 is 5.98. The number of anilines is 2. The Hall–Kier alpha value is -2.81. The predicted octanol–water partition coefficient (Wildman–Crippen LogP) is 1.50. The number of nitrogens with zero attached hydrogens (tertiary/aromatic N) is 6. The molecule has 0 spiro atoms. The van der Waals surface area contributed by atoms with Gasteiger partial charge in [-0.15, -0.1) is 0 Å². The van der Waals surface area contributed by atoms with Gasteiger partial charge in [0.05, 0.1) is 11.6 Å². The number of aryl methyl sites for hydroxylation is 1. The van der Waals surface area contributed by atoms with E-state index in [-0.39, 0.29) is 11.8 Å². The maximum atomic E-state index is 12.2. The van der Waals surface area contributed by atoms with Crippen molar-refractivity contribution in [3.8, 4) is 5.82 Å². The summed E-state index contributed by atoms with van der Waals surface area (Å²) in [7, 11) is 0. The second-order valence-electron chi connectivity index (χ2n) is 5.63. The summed E-state index contributed by atoms with van der Waals surface area (Å²) in [6, 6.07) is 3.77. The molecule has 1 amide bonds. The highest BCUT2D eigenvalue weighted by Crippen LogP contribution is 2.25. The zero-order valence-corrected chi connectivity index (χ0v) is 13.8. The van der Waals surface area contributed by atoms with E-state index in [1.807, 2.05) is 29.8 Å². The first-order valence-corrected chi connectivity index (χ1v) is 8.26. The van der Waals surface area contributed by atoms with Gasteiger partial charge in [0.15, 0.2) is 0 Å². The van der Waals surface area contributed by atoms with Gasteiger partial charge in [0.25, 0.3) is 0 Å². The predicted molar refractivity (Wildman–Crippen MR) is 90.3 cm³/mol. The Morgan fingerprint density at radius 2 is 2.12 bits per heavy atom. The monoisotopic (exact) mass is 341 g/mol. The average molecular weight is 341 g/mol. The first-order chi connectivity index (χ1) is 11.7. The number of hydrogen-bond donors (Lipinski definition) is 1. The van der Waals surface area contributed by atoms with Crippen LogP contribution in [0.5, 0.6) is 0 Å². The van der Waals surface area contributed by atoms with Crippen LogP contribution in [-0.4, -0.2) is 42.9 Å².